The summed E-state index contributed by atoms with van der Waals surface area (Å²) in [5.74, 6) is 0.729. The Kier molecular flexibility index (Phi) is 15.5. The summed E-state index contributed by atoms with van der Waals surface area (Å²) in [5.41, 5.74) is 8.61. The van der Waals surface area contributed by atoms with E-state index in [0.29, 0.717) is 5.92 Å². The minimum absolute atomic E-state index is 0.201. The Bertz CT molecular complexity index is 775. The van der Waals surface area contributed by atoms with Crippen molar-refractivity contribution in [1.82, 2.24) is 0 Å². The average Bonchev–Trinajstić information content (AvgIpc) is 2.77. The molecule has 2 atom stereocenters. The fourth-order valence-electron chi connectivity index (χ4n) is 4.69. The van der Waals surface area contributed by atoms with Crippen LogP contribution in [0.4, 0.5) is 0 Å². The van der Waals surface area contributed by atoms with Gasteiger partial charge >= 0.3 is 0 Å². The molecule has 0 aromatic carbocycles. The third kappa shape index (κ3) is 15.1. The van der Waals surface area contributed by atoms with Gasteiger partial charge in [-0.1, -0.05) is 70.4 Å². The van der Waals surface area contributed by atoms with Gasteiger partial charge in [0, 0.05) is 5.92 Å². The molecule has 0 fully saturated rings. The quantitative estimate of drug-likeness (QED) is 0.164. The third-order valence-corrected chi connectivity index (χ3v) is 6.79. The van der Waals surface area contributed by atoms with Gasteiger partial charge in [-0.2, -0.15) is 0 Å². The number of hydrogen-bond acceptors (Lipinski definition) is 1. The van der Waals surface area contributed by atoms with Crippen LogP contribution in [0.3, 0.4) is 0 Å². The predicted octanol–water partition coefficient (Wildman–Crippen LogP) is 10.4. The molecule has 0 bridgehead atoms. The highest BCUT2D eigenvalue weighted by atomic mass is 16.1. The van der Waals surface area contributed by atoms with Crippen molar-refractivity contribution >= 4 is 6.29 Å². The van der Waals surface area contributed by atoms with Crippen LogP contribution >= 0.6 is 0 Å². The van der Waals surface area contributed by atoms with Gasteiger partial charge in [-0.25, -0.2) is 0 Å². The number of aldehydes is 1. The van der Waals surface area contributed by atoms with Crippen LogP contribution in [0.2, 0.25) is 0 Å². The van der Waals surface area contributed by atoms with Gasteiger partial charge in [0.2, 0.25) is 0 Å². The highest BCUT2D eigenvalue weighted by molar-refractivity contribution is 5.55. The van der Waals surface area contributed by atoms with Crippen LogP contribution in [0.5, 0.6) is 0 Å². The maximum Gasteiger partial charge on any atom is 0.123 e. The Morgan fingerprint density at radius 3 is 1.94 bits per heavy atom. The van der Waals surface area contributed by atoms with Crippen LogP contribution in [0.1, 0.15) is 119 Å². The molecular formula is C33H52O. The normalized spacial score (nSPS) is 18.8. The first-order valence-corrected chi connectivity index (χ1v) is 13.6. The van der Waals surface area contributed by atoms with Gasteiger partial charge in [0.1, 0.15) is 6.29 Å². The fraction of sp³-hybridized carbons (Fsp3) is 0.606. The van der Waals surface area contributed by atoms with Crippen molar-refractivity contribution in [3.05, 3.63) is 70.4 Å². The Labute approximate surface area is 211 Å². The molecule has 0 amide bonds. The second-order valence-electron chi connectivity index (χ2n) is 11.0. The Balaban J connectivity index is 2.45. The van der Waals surface area contributed by atoms with Crippen molar-refractivity contribution < 1.29 is 4.79 Å². The fourth-order valence-corrected chi connectivity index (χ4v) is 4.69. The molecule has 0 saturated carbocycles. The van der Waals surface area contributed by atoms with Crippen molar-refractivity contribution in [2.45, 2.75) is 119 Å². The molecule has 0 N–H and O–H groups in total. The summed E-state index contributed by atoms with van der Waals surface area (Å²) in [4.78, 5) is 11.6. The number of allylic oxidation sites excluding steroid dienone is 11. The molecule has 0 aromatic rings. The van der Waals surface area contributed by atoms with Crippen molar-refractivity contribution in [1.29, 1.82) is 0 Å². The lowest BCUT2D eigenvalue weighted by atomic mass is 9.79. The molecular weight excluding hydrogens is 412 g/mol. The zero-order valence-corrected chi connectivity index (χ0v) is 23.2. The number of rotatable bonds is 16. The van der Waals surface area contributed by atoms with E-state index >= 15 is 0 Å². The van der Waals surface area contributed by atoms with Crippen LogP contribution in [-0.2, 0) is 4.79 Å². The number of carbonyl (C=O) groups excluding carboxylic acids is 1. The largest absolute Gasteiger partial charge is 0.303 e. The van der Waals surface area contributed by atoms with E-state index in [1.807, 2.05) is 0 Å². The molecule has 1 heteroatoms. The van der Waals surface area contributed by atoms with E-state index in [1.54, 1.807) is 0 Å². The molecule has 34 heavy (non-hydrogen) atoms. The van der Waals surface area contributed by atoms with Crippen LogP contribution in [-0.4, -0.2) is 6.29 Å². The van der Waals surface area contributed by atoms with E-state index in [4.69, 9.17) is 0 Å². The zero-order valence-electron chi connectivity index (χ0n) is 23.2. The Hall–Kier alpha value is -1.89. The standard InChI is InChI=1S/C33H52O/c1-26(2)12-8-14-28(5)16-10-17-30(7)20-21-32-22-31(23-33(24-32)25-34)19-11-18-29(6)15-9-13-27(3)4/h12-13,16,18,22,25,32-33H,7-11,14-15,17,19-21,23-24H2,1-6H3/b28-16+,29-18+/t32-,33+/m0/s1. The lowest BCUT2D eigenvalue weighted by Crippen LogP contribution is -2.16. The Morgan fingerprint density at radius 1 is 0.824 bits per heavy atom. The van der Waals surface area contributed by atoms with Crippen LogP contribution < -0.4 is 0 Å². The molecule has 0 aliphatic heterocycles. The molecule has 0 unspecified atom stereocenters. The minimum Gasteiger partial charge on any atom is -0.303 e. The van der Waals surface area contributed by atoms with Crippen LogP contribution in [0.15, 0.2) is 70.4 Å². The summed E-state index contributed by atoms with van der Waals surface area (Å²) < 4.78 is 0. The summed E-state index contributed by atoms with van der Waals surface area (Å²) in [6, 6.07) is 0. The van der Waals surface area contributed by atoms with Crippen LogP contribution in [0.25, 0.3) is 0 Å². The van der Waals surface area contributed by atoms with Gasteiger partial charge in [0.05, 0.1) is 0 Å². The molecule has 1 aliphatic carbocycles. The molecule has 0 spiro atoms. The number of carbonyl (C=O) groups is 1. The second kappa shape index (κ2) is 17.5. The Morgan fingerprint density at radius 2 is 1.38 bits per heavy atom. The van der Waals surface area contributed by atoms with E-state index in [-0.39, 0.29) is 5.92 Å². The molecule has 1 rings (SSSR count). The lowest BCUT2D eigenvalue weighted by molar-refractivity contribution is -0.111. The summed E-state index contributed by atoms with van der Waals surface area (Å²) in [5, 5.41) is 0. The molecule has 0 aromatic heterocycles. The van der Waals surface area contributed by atoms with Crippen molar-refractivity contribution in [2.24, 2.45) is 11.8 Å². The first-order chi connectivity index (χ1) is 16.2. The van der Waals surface area contributed by atoms with Crippen LogP contribution in [0, 0.1) is 11.8 Å². The van der Waals surface area contributed by atoms with E-state index in [2.05, 4.69) is 78.5 Å². The molecule has 0 heterocycles. The van der Waals surface area contributed by atoms with Gasteiger partial charge in [-0.05, 0) is 125 Å². The molecule has 0 saturated heterocycles. The summed E-state index contributed by atoms with van der Waals surface area (Å²) in [6.45, 7) is 17.5. The topological polar surface area (TPSA) is 17.1 Å². The van der Waals surface area contributed by atoms with Crippen molar-refractivity contribution in [3.63, 3.8) is 0 Å². The first kappa shape index (κ1) is 30.1. The summed E-state index contributed by atoms with van der Waals surface area (Å²) in [6.07, 6.45) is 26.3. The summed E-state index contributed by atoms with van der Waals surface area (Å²) >= 11 is 0. The number of hydrogen-bond donors (Lipinski definition) is 0. The van der Waals surface area contributed by atoms with Gasteiger partial charge < -0.3 is 4.79 Å². The van der Waals surface area contributed by atoms with E-state index in [1.165, 1.54) is 39.7 Å². The SMILES string of the molecule is C=C(CC/C=C(\C)CCC=C(C)C)CC[C@H]1C=C(CC/C=C(\C)CCC=C(C)C)C[C@@H](C=O)C1. The van der Waals surface area contributed by atoms with Crippen molar-refractivity contribution in [2.75, 3.05) is 0 Å². The molecule has 190 valence electrons. The zero-order chi connectivity index (χ0) is 25.3. The second-order valence-corrected chi connectivity index (χ2v) is 11.0. The maximum absolute atomic E-state index is 11.6. The highest BCUT2D eigenvalue weighted by Crippen LogP contribution is 2.33. The van der Waals surface area contributed by atoms with Crippen molar-refractivity contribution in [3.8, 4) is 0 Å². The first-order valence-electron chi connectivity index (χ1n) is 13.6. The molecule has 1 aliphatic rings. The summed E-state index contributed by atoms with van der Waals surface area (Å²) in [7, 11) is 0. The highest BCUT2D eigenvalue weighted by Gasteiger charge is 2.21. The minimum atomic E-state index is 0.201. The van der Waals surface area contributed by atoms with E-state index in [0.717, 1.165) is 77.0 Å². The smallest absolute Gasteiger partial charge is 0.123 e. The average molecular weight is 465 g/mol. The van der Waals surface area contributed by atoms with Gasteiger partial charge in [-0.15, -0.1) is 0 Å². The lowest BCUT2D eigenvalue weighted by Gasteiger charge is -2.26. The van der Waals surface area contributed by atoms with Gasteiger partial charge in [0.15, 0.2) is 0 Å². The van der Waals surface area contributed by atoms with E-state index in [9.17, 15) is 4.79 Å². The molecule has 1 nitrogen and oxygen atoms in total. The predicted molar refractivity (Wildman–Crippen MR) is 152 cm³/mol. The molecule has 0 radical (unpaired) electrons. The maximum atomic E-state index is 11.6. The van der Waals surface area contributed by atoms with E-state index < -0.39 is 0 Å². The van der Waals surface area contributed by atoms with Gasteiger partial charge in [-0.3, -0.25) is 0 Å². The monoisotopic (exact) mass is 464 g/mol. The van der Waals surface area contributed by atoms with Gasteiger partial charge in [0.25, 0.3) is 0 Å². The third-order valence-electron chi connectivity index (χ3n) is 6.79.